The molecule has 1 atom stereocenters. The number of hydrogen-bond donors (Lipinski definition) is 2. The van der Waals surface area contributed by atoms with Crippen LogP contribution in [0, 0.1) is 13.8 Å². The molecule has 0 fully saturated rings. The average Bonchev–Trinajstić information content (AvgIpc) is 2.98. The maximum atomic E-state index is 10.4. The van der Waals surface area contributed by atoms with E-state index in [0.717, 1.165) is 28.4 Å². The maximum absolute atomic E-state index is 10.4. The van der Waals surface area contributed by atoms with Crippen LogP contribution in [0.5, 0.6) is 0 Å². The Labute approximate surface area is 122 Å². The van der Waals surface area contributed by atoms with Gasteiger partial charge in [0, 0.05) is 13.1 Å². The first-order chi connectivity index (χ1) is 9.56. The van der Waals surface area contributed by atoms with Gasteiger partial charge in [-0.1, -0.05) is 6.07 Å². The van der Waals surface area contributed by atoms with E-state index in [1.165, 1.54) is 24.0 Å². The molecule has 4 nitrogen and oxygen atoms in total. The van der Waals surface area contributed by atoms with Gasteiger partial charge in [0.2, 0.25) is 4.90 Å². The highest BCUT2D eigenvalue weighted by atomic mass is 32.2. The van der Waals surface area contributed by atoms with Crippen LogP contribution < -0.4 is 4.72 Å². The summed E-state index contributed by atoms with van der Waals surface area (Å²) in [6, 6.07) is 6.32. The molecule has 1 heterocycles. The van der Waals surface area contributed by atoms with Gasteiger partial charge in [0.15, 0.2) is 0 Å². The van der Waals surface area contributed by atoms with E-state index in [2.05, 4.69) is 22.0 Å². The van der Waals surface area contributed by atoms with Crippen LogP contribution in [0.3, 0.4) is 0 Å². The van der Waals surface area contributed by atoms with Gasteiger partial charge in [0.25, 0.3) is 0 Å². The summed E-state index contributed by atoms with van der Waals surface area (Å²) < 4.78 is 15.5. The fraction of sp³-hybridized carbons (Fsp3) is 0.400. The molecular weight excluding hydrogens is 270 g/mol. The van der Waals surface area contributed by atoms with Gasteiger partial charge in [-0.25, -0.2) is 0 Å². The lowest BCUT2D eigenvalue weighted by Gasteiger charge is -2.05. The van der Waals surface area contributed by atoms with Crippen LogP contribution in [0.25, 0.3) is 0 Å². The molecule has 1 unspecified atom stereocenters. The molecule has 3 rings (SSSR count). The highest BCUT2D eigenvalue weighted by Gasteiger charge is 2.26. The third kappa shape index (κ3) is 2.31. The van der Waals surface area contributed by atoms with E-state index < -0.39 is 11.4 Å². The summed E-state index contributed by atoms with van der Waals surface area (Å²) in [5, 5.41) is 4.36. The third-order valence-electron chi connectivity index (χ3n) is 4.00. The van der Waals surface area contributed by atoms with Crippen molar-refractivity contribution in [3.05, 3.63) is 40.7 Å². The van der Waals surface area contributed by atoms with Gasteiger partial charge in [0.05, 0.1) is 11.4 Å². The van der Waals surface area contributed by atoms with E-state index >= 15 is 0 Å². The van der Waals surface area contributed by atoms with E-state index in [-0.39, 0.29) is 0 Å². The number of rotatable bonds is 3. The molecule has 106 valence electrons. The maximum Gasteiger partial charge on any atom is 0.303 e. The van der Waals surface area contributed by atoms with E-state index in [1.54, 1.807) is 0 Å². The van der Waals surface area contributed by atoms with Crippen molar-refractivity contribution in [2.24, 2.45) is 7.05 Å². The molecule has 5 heteroatoms. The Bertz CT molecular complexity index is 651. The number of aryl methyl sites for hydroxylation is 4. The smallest absolute Gasteiger partial charge is 0.270 e. The lowest BCUT2D eigenvalue weighted by molar-refractivity contribution is 0.643. The second kappa shape index (κ2) is 5.14. The quantitative estimate of drug-likeness (QED) is 0.854. The molecule has 0 saturated heterocycles. The van der Waals surface area contributed by atoms with Gasteiger partial charge in [-0.3, -0.25) is 4.68 Å². The summed E-state index contributed by atoms with van der Waals surface area (Å²) in [6.07, 6.45) is 3.53. The molecule has 0 radical (unpaired) electrons. The molecule has 0 saturated carbocycles. The van der Waals surface area contributed by atoms with E-state index in [1.807, 2.05) is 31.6 Å². The number of nitrogens with zero attached hydrogens (tertiary/aromatic N) is 2. The van der Waals surface area contributed by atoms with Crippen molar-refractivity contribution in [1.82, 2.24) is 9.78 Å². The Kier molecular flexibility index (Phi) is 3.48. The minimum Gasteiger partial charge on any atom is -0.270 e. The highest BCUT2D eigenvalue weighted by molar-refractivity contribution is 7.92. The third-order valence-corrected chi connectivity index (χ3v) is 5.10. The molecule has 2 aromatic rings. The van der Waals surface area contributed by atoms with E-state index in [9.17, 15) is 4.55 Å². The van der Waals surface area contributed by atoms with Gasteiger partial charge >= 0.3 is 11.4 Å². The average molecular weight is 290 g/mol. The summed E-state index contributed by atoms with van der Waals surface area (Å²) in [5.41, 5.74) is 5.70. The van der Waals surface area contributed by atoms with Crippen molar-refractivity contribution in [1.29, 1.82) is 0 Å². The highest BCUT2D eigenvalue weighted by Crippen LogP contribution is 2.27. The molecule has 0 spiro atoms. The zero-order valence-electron chi connectivity index (χ0n) is 12.1. The molecule has 2 N–H and O–H groups in total. The lowest BCUT2D eigenvalue weighted by atomic mass is 10.1. The summed E-state index contributed by atoms with van der Waals surface area (Å²) >= 11 is -0.987. The Balaban J connectivity index is 1.84. The number of fused-ring (bicyclic) bond motifs is 1. The van der Waals surface area contributed by atoms with Crippen molar-refractivity contribution in [2.45, 2.75) is 38.0 Å². The summed E-state index contributed by atoms with van der Waals surface area (Å²) in [4.78, 5) is 0.952. The van der Waals surface area contributed by atoms with E-state index in [0.29, 0.717) is 0 Å². The van der Waals surface area contributed by atoms with Crippen LogP contribution in [0.2, 0.25) is 0 Å². The minimum absolute atomic E-state index is 0.915. The van der Waals surface area contributed by atoms with Crippen LogP contribution in [0.15, 0.2) is 23.1 Å². The van der Waals surface area contributed by atoms with Gasteiger partial charge in [-0.05, 0) is 50.3 Å². The standard InChI is InChI=1S/C15H20N3OS/c1-10-15(11(2)18(3)16-10)17-20(19)14-8-7-12-5-4-6-13(12)9-14/h7-9,17,19H,4-6H2,1-3H3/q+1. The monoisotopic (exact) mass is 290 g/mol. The molecule has 1 aliphatic carbocycles. The molecule has 0 bridgehead atoms. The molecule has 20 heavy (non-hydrogen) atoms. The first-order valence-corrected chi connectivity index (χ1v) is 8.06. The molecule has 0 amide bonds. The Hall–Kier alpha value is -1.46. The molecule has 1 aromatic heterocycles. The van der Waals surface area contributed by atoms with Gasteiger partial charge in [0.1, 0.15) is 5.69 Å². The van der Waals surface area contributed by atoms with Crippen LogP contribution in [0.1, 0.15) is 28.9 Å². The summed E-state index contributed by atoms with van der Waals surface area (Å²) in [6.45, 7) is 3.96. The molecular formula is C15H20N3OS+. The van der Waals surface area contributed by atoms with Crippen molar-refractivity contribution in [3.63, 3.8) is 0 Å². The van der Waals surface area contributed by atoms with Crippen molar-refractivity contribution < 1.29 is 4.55 Å². The number of anilines is 1. The first-order valence-electron chi connectivity index (χ1n) is 6.88. The number of hydrogen-bond acceptors (Lipinski definition) is 3. The van der Waals surface area contributed by atoms with Crippen molar-refractivity contribution >= 4 is 17.0 Å². The fourth-order valence-corrected chi connectivity index (χ4v) is 3.80. The largest absolute Gasteiger partial charge is 0.303 e. The molecule has 0 aliphatic heterocycles. The Morgan fingerprint density at radius 1 is 1.25 bits per heavy atom. The second-order valence-corrected chi connectivity index (χ2v) is 6.58. The van der Waals surface area contributed by atoms with Gasteiger partial charge in [-0.2, -0.15) is 14.4 Å². The predicted octanol–water partition coefficient (Wildman–Crippen LogP) is 3.00. The van der Waals surface area contributed by atoms with Crippen molar-refractivity contribution in [3.8, 4) is 0 Å². The topological polar surface area (TPSA) is 50.1 Å². The number of benzene rings is 1. The van der Waals surface area contributed by atoms with Crippen LogP contribution in [-0.2, 0) is 31.3 Å². The van der Waals surface area contributed by atoms with Gasteiger partial charge in [-0.15, -0.1) is 0 Å². The fourth-order valence-electron chi connectivity index (χ4n) is 2.75. The van der Waals surface area contributed by atoms with Crippen molar-refractivity contribution in [2.75, 3.05) is 4.72 Å². The normalized spacial score (nSPS) is 15.2. The molecule has 1 aliphatic rings. The predicted molar refractivity (Wildman–Crippen MR) is 83.0 cm³/mol. The van der Waals surface area contributed by atoms with Crippen LogP contribution >= 0.6 is 0 Å². The number of aromatic nitrogens is 2. The summed E-state index contributed by atoms with van der Waals surface area (Å²) in [7, 11) is 1.92. The van der Waals surface area contributed by atoms with E-state index in [4.69, 9.17) is 0 Å². The zero-order chi connectivity index (χ0) is 14.3. The minimum atomic E-state index is -0.987. The summed E-state index contributed by atoms with van der Waals surface area (Å²) in [5.74, 6) is 0. The Morgan fingerprint density at radius 3 is 2.70 bits per heavy atom. The zero-order valence-corrected chi connectivity index (χ0v) is 12.9. The van der Waals surface area contributed by atoms with Crippen LogP contribution in [0.4, 0.5) is 5.69 Å². The second-order valence-electron chi connectivity index (χ2n) is 5.34. The number of nitrogens with one attached hydrogen (secondary N) is 1. The Morgan fingerprint density at radius 2 is 2.00 bits per heavy atom. The van der Waals surface area contributed by atoms with Crippen LogP contribution in [-0.4, -0.2) is 14.3 Å². The first kappa shape index (κ1) is 13.5. The lowest BCUT2D eigenvalue weighted by Crippen LogP contribution is -2.14. The SMILES string of the molecule is Cc1nn(C)c(C)c1N[S+](O)c1ccc2c(c1)CCC2. The molecule has 1 aromatic carbocycles. The van der Waals surface area contributed by atoms with Gasteiger partial charge < -0.3 is 0 Å².